The average molecular weight is 294 g/mol. The van der Waals surface area contributed by atoms with Gasteiger partial charge in [-0.15, -0.1) is 0 Å². The first kappa shape index (κ1) is 17.7. The maximum atomic E-state index is 12.4. The van der Waals surface area contributed by atoms with E-state index in [4.69, 9.17) is 4.74 Å². The highest BCUT2D eigenvalue weighted by Gasteiger charge is 2.27. The summed E-state index contributed by atoms with van der Waals surface area (Å²) in [5.74, 6) is -0.370. The zero-order valence-corrected chi connectivity index (χ0v) is 14.0. The molecule has 0 aliphatic heterocycles. The van der Waals surface area contributed by atoms with Crippen LogP contribution in [0.1, 0.15) is 65.5 Å². The van der Waals surface area contributed by atoms with Crippen LogP contribution in [0.3, 0.4) is 0 Å². The van der Waals surface area contributed by atoms with Crippen LogP contribution in [-0.4, -0.2) is 12.6 Å². The second kappa shape index (κ2) is 6.59. The SMILES string of the molecule is CCC(C)(C)c1ccc(OC(=O)CF)c(C(C)(C)CC)c1. The van der Waals surface area contributed by atoms with E-state index in [1.54, 1.807) is 6.07 Å². The van der Waals surface area contributed by atoms with Gasteiger partial charge in [-0.25, -0.2) is 9.18 Å². The molecule has 1 aromatic carbocycles. The van der Waals surface area contributed by atoms with Crippen molar-refractivity contribution in [3.63, 3.8) is 0 Å². The van der Waals surface area contributed by atoms with Crippen molar-refractivity contribution in [1.82, 2.24) is 0 Å². The van der Waals surface area contributed by atoms with Crippen LogP contribution in [0.5, 0.6) is 5.75 Å². The molecule has 1 aromatic rings. The van der Waals surface area contributed by atoms with Gasteiger partial charge in [-0.3, -0.25) is 0 Å². The molecule has 3 heteroatoms. The minimum atomic E-state index is -1.10. The van der Waals surface area contributed by atoms with Gasteiger partial charge in [0, 0.05) is 5.56 Å². The van der Waals surface area contributed by atoms with Crippen LogP contribution in [0.25, 0.3) is 0 Å². The van der Waals surface area contributed by atoms with Crippen molar-refractivity contribution >= 4 is 5.97 Å². The van der Waals surface area contributed by atoms with Crippen LogP contribution < -0.4 is 4.74 Å². The second-order valence-electron chi connectivity index (χ2n) is 6.79. The standard InChI is InChI=1S/C18H27FO2/c1-7-17(3,4)13-9-10-15(21-16(20)12-19)14(11-13)18(5,6)8-2/h9-11H,7-8,12H2,1-6H3. The number of carbonyl (C=O) groups excluding carboxylic acids is 1. The van der Waals surface area contributed by atoms with Crippen molar-refractivity contribution in [2.75, 3.05) is 6.67 Å². The Bertz CT molecular complexity index is 504. The van der Waals surface area contributed by atoms with Crippen LogP contribution in [0.2, 0.25) is 0 Å². The zero-order chi connectivity index (χ0) is 16.3. The van der Waals surface area contributed by atoms with Crippen LogP contribution in [0.15, 0.2) is 18.2 Å². The Balaban J connectivity index is 3.37. The molecule has 0 saturated carbocycles. The minimum absolute atomic E-state index is 0.0567. The molecule has 0 N–H and O–H groups in total. The molecule has 0 atom stereocenters. The topological polar surface area (TPSA) is 26.3 Å². The summed E-state index contributed by atoms with van der Waals surface area (Å²) in [6, 6.07) is 5.88. The van der Waals surface area contributed by atoms with Gasteiger partial charge in [0.05, 0.1) is 0 Å². The molecular formula is C18H27FO2. The number of hydrogen-bond donors (Lipinski definition) is 0. The number of carbonyl (C=O) groups is 1. The number of ether oxygens (including phenoxy) is 1. The molecule has 21 heavy (non-hydrogen) atoms. The van der Waals surface area contributed by atoms with Gasteiger partial charge in [0.25, 0.3) is 0 Å². The molecule has 0 fully saturated rings. The van der Waals surface area contributed by atoms with E-state index in [0.717, 1.165) is 18.4 Å². The third-order valence-electron chi connectivity index (χ3n) is 4.59. The van der Waals surface area contributed by atoms with Crippen molar-refractivity contribution < 1.29 is 13.9 Å². The molecule has 118 valence electrons. The first-order chi connectivity index (χ1) is 9.67. The van der Waals surface area contributed by atoms with E-state index in [2.05, 4.69) is 47.6 Å². The number of benzene rings is 1. The lowest BCUT2D eigenvalue weighted by atomic mass is 9.76. The maximum absolute atomic E-state index is 12.4. The molecule has 0 aromatic heterocycles. The third-order valence-corrected chi connectivity index (χ3v) is 4.59. The first-order valence-electron chi connectivity index (χ1n) is 7.59. The zero-order valence-electron chi connectivity index (χ0n) is 14.0. The van der Waals surface area contributed by atoms with E-state index in [1.165, 1.54) is 5.56 Å². The van der Waals surface area contributed by atoms with Gasteiger partial charge < -0.3 is 4.74 Å². The van der Waals surface area contributed by atoms with Gasteiger partial charge >= 0.3 is 5.97 Å². The van der Waals surface area contributed by atoms with Gasteiger partial charge in [-0.1, -0.05) is 53.7 Å². The summed E-state index contributed by atoms with van der Waals surface area (Å²) in [5, 5.41) is 0. The average Bonchev–Trinajstić information content (AvgIpc) is 2.47. The Morgan fingerprint density at radius 2 is 1.67 bits per heavy atom. The molecule has 0 spiro atoms. The molecule has 2 nitrogen and oxygen atoms in total. The van der Waals surface area contributed by atoms with Gasteiger partial charge in [-0.05, 0) is 35.3 Å². The summed E-state index contributed by atoms with van der Waals surface area (Å²) < 4.78 is 17.6. The lowest BCUT2D eigenvalue weighted by Crippen LogP contribution is -2.22. The molecule has 0 saturated heterocycles. The number of halogens is 1. The van der Waals surface area contributed by atoms with Gasteiger partial charge in [0.1, 0.15) is 5.75 Å². The summed E-state index contributed by atoms with van der Waals surface area (Å²) in [6.45, 7) is 11.8. The third kappa shape index (κ3) is 4.05. The van der Waals surface area contributed by atoms with E-state index in [0.29, 0.717) is 5.75 Å². The number of alkyl halides is 1. The summed E-state index contributed by atoms with van der Waals surface area (Å²) in [6.07, 6.45) is 1.92. The van der Waals surface area contributed by atoms with E-state index in [1.807, 2.05) is 6.07 Å². The molecule has 1 rings (SSSR count). The normalized spacial score (nSPS) is 12.3. The number of rotatable bonds is 6. The second-order valence-corrected chi connectivity index (χ2v) is 6.79. The first-order valence-corrected chi connectivity index (χ1v) is 7.59. The van der Waals surface area contributed by atoms with E-state index < -0.39 is 12.6 Å². The summed E-state index contributed by atoms with van der Waals surface area (Å²) >= 11 is 0. The van der Waals surface area contributed by atoms with E-state index in [-0.39, 0.29) is 10.8 Å². The highest BCUT2D eigenvalue weighted by molar-refractivity contribution is 5.74. The summed E-state index contributed by atoms with van der Waals surface area (Å²) in [4.78, 5) is 11.3. The molecule has 0 bridgehead atoms. The highest BCUT2D eigenvalue weighted by atomic mass is 19.1. The smallest absolute Gasteiger partial charge is 0.342 e. The number of esters is 1. The molecule has 0 aliphatic rings. The van der Waals surface area contributed by atoms with Gasteiger partial charge in [0.2, 0.25) is 0 Å². The lowest BCUT2D eigenvalue weighted by Gasteiger charge is -2.30. The fourth-order valence-corrected chi connectivity index (χ4v) is 2.11. The Labute approximate surface area is 127 Å². The largest absolute Gasteiger partial charge is 0.424 e. The van der Waals surface area contributed by atoms with E-state index >= 15 is 0 Å². The molecule has 0 amide bonds. The maximum Gasteiger partial charge on any atom is 0.342 e. The fourth-order valence-electron chi connectivity index (χ4n) is 2.11. The Morgan fingerprint density at radius 1 is 1.10 bits per heavy atom. The van der Waals surface area contributed by atoms with Crippen molar-refractivity contribution in [3.05, 3.63) is 29.3 Å². The fraction of sp³-hybridized carbons (Fsp3) is 0.611. The van der Waals surface area contributed by atoms with Crippen molar-refractivity contribution in [2.24, 2.45) is 0 Å². The molecule has 0 heterocycles. The van der Waals surface area contributed by atoms with Crippen molar-refractivity contribution in [2.45, 2.75) is 65.2 Å². The lowest BCUT2D eigenvalue weighted by molar-refractivity contribution is -0.135. The summed E-state index contributed by atoms with van der Waals surface area (Å²) in [7, 11) is 0. The molecular weight excluding hydrogens is 267 g/mol. The quantitative estimate of drug-likeness (QED) is 0.549. The van der Waals surface area contributed by atoms with Gasteiger partial charge in [0.15, 0.2) is 6.67 Å². The van der Waals surface area contributed by atoms with Gasteiger partial charge in [-0.2, -0.15) is 0 Å². The Morgan fingerprint density at radius 3 is 2.14 bits per heavy atom. The molecule has 0 unspecified atom stereocenters. The predicted octanol–water partition coefficient (Wildman–Crippen LogP) is 4.94. The minimum Gasteiger partial charge on any atom is -0.424 e. The molecule has 0 aliphatic carbocycles. The Kier molecular flexibility index (Phi) is 5.54. The van der Waals surface area contributed by atoms with Crippen molar-refractivity contribution in [1.29, 1.82) is 0 Å². The van der Waals surface area contributed by atoms with Crippen LogP contribution in [-0.2, 0) is 15.6 Å². The highest BCUT2D eigenvalue weighted by Crippen LogP contribution is 2.38. The number of hydrogen-bond acceptors (Lipinski definition) is 2. The Hall–Kier alpha value is -1.38. The summed E-state index contributed by atoms with van der Waals surface area (Å²) in [5.41, 5.74) is 2.10. The monoisotopic (exact) mass is 294 g/mol. The van der Waals surface area contributed by atoms with Crippen molar-refractivity contribution in [3.8, 4) is 5.75 Å². The predicted molar refractivity (Wildman–Crippen MR) is 84.7 cm³/mol. The van der Waals surface area contributed by atoms with Crippen LogP contribution in [0.4, 0.5) is 4.39 Å². The van der Waals surface area contributed by atoms with E-state index in [9.17, 15) is 9.18 Å². The van der Waals surface area contributed by atoms with Crippen LogP contribution in [0, 0.1) is 0 Å². The molecule has 0 radical (unpaired) electrons. The van der Waals surface area contributed by atoms with Crippen LogP contribution >= 0.6 is 0 Å².